The lowest BCUT2D eigenvalue weighted by molar-refractivity contribution is 0.111. The van der Waals surface area contributed by atoms with Gasteiger partial charge < -0.3 is 10.2 Å². The fraction of sp³-hybridized carbons (Fsp3) is 1.00. The first kappa shape index (κ1) is 12.4. The molecular formula is C14H28N2. The van der Waals surface area contributed by atoms with Crippen molar-refractivity contribution in [3.63, 3.8) is 0 Å². The third-order valence-corrected chi connectivity index (χ3v) is 4.85. The summed E-state index contributed by atoms with van der Waals surface area (Å²) in [7, 11) is 2.25. The minimum Gasteiger partial charge on any atom is -0.312 e. The first-order chi connectivity index (χ1) is 7.65. The normalized spacial score (nSPS) is 33.9. The summed E-state index contributed by atoms with van der Waals surface area (Å²) in [4.78, 5) is 2.48. The van der Waals surface area contributed by atoms with Gasteiger partial charge in [0.25, 0.3) is 0 Å². The van der Waals surface area contributed by atoms with E-state index in [9.17, 15) is 0 Å². The lowest BCUT2D eigenvalue weighted by Crippen LogP contribution is -2.44. The Hall–Kier alpha value is -0.0800. The van der Waals surface area contributed by atoms with Crippen LogP contribution in [0, 0.1) is 5.41 Å². The molecule has 1 heterocycles. The minimum atomic E-state index is 0.680. The van der Waals surface area contributed by atoms with Crippen molar-refractivity contribution in [2.24, 2.45) is 5.41 Å². The van der Waals surface area contributed by atoms with Crippen LogP contribution in [0.4, 0.5) is 0 Å². The fourth-order valence-corrected chi connectivity index (χ4v) is 3.42. The Bertz CT molecular complexity index is 213. The van der Waals surface area contributed by atoms with E-state index < -0.39 is 0 Å². The number of rotatable bonds is 5. The molecule has 2 rings (SSSR count). The highest BCUT2D eigenvalue weighted by molar-refractivity contribution is 4.92. The fourth-order valence-electron chi connectivity index (χ4n) is 3.42. The maximum Gasteiger partial charge on any atom is 0.0210 e. The van der Waals surface area contributed by atoms with E-state index in [1.54, 1.807) is 0 Å². The second kappa shape index (κ2) is 5.05. The highest BCUT2D eigenvalue weighted by atomic mass is 15.2. The summed E-state index contributed by atoms with van der Waals surface area (Å²) < 4.78 is 0. The summed E-state index contributed by atoms with van der Waals surface area (Å²) >= 11 is 0. The van der Waals surface area contributed by atoms with Crippen LogP contribution in [0.15, 0.2) is 0 Å². The largest absolute Gasteiger partial charge is 0.312 e. The first-order valence-electron chi connectivity index (χ1n) is 7.09. The third kappa shape index (κ3) is 2.60. The Labute approximate surface area is 101 Å². The molecule has 1 saturated carbocycles. The molecular weight excluding hydrogens is 196 g/mol. The number of hydrogen-bond donors (Lipinski definition) is 1. The Balaban J connectivity index is 1.74. The van der Waals surface area contributed by atoms with Gasteiger partial charge in [-0.25, -0.2) is 0 Å². The molecule has 0 amide bonds. The molecule has 0 bridgehead atoms. The third-order valence-electron chi connectivity index (χ3n) is 4.85. The Morgan fingerprint density at radius 3 is 2.56 bits per heavy atom. The summed E-state index contributed by atoms with van der Waals surface area (Å²) in [5, 5.41) is 3.83. The lowest BCUT2D eigenvalue weighted by atomic mass is 9.66. The molecule has 1 aliphatic carbocycles. The molecule has 0 aromatic heterocycles. The van der Waals surface area contributed by atoms with Crippen molar-refractivity contribution in [3.05, 3.63) is 0 Å². The highest BCUT2D eigenvalue weighted by Gasteiger charge is 2.37. The van der Waals surface area contributed by atoms with Gasteiger partial charge in [-0.05, 0) is 45.1 Å². The topological polar surface area (TPSA) is 15.3 Å². The van der Waals surface area contributed by atoms with Crippen LogP contribution in [0.2, 0.25) is 0 Å². The molecule has 0 aromatic carbocycles. The van der Waals surface area contributed by atoms with Crippen LogP contribution in [0.1, 0.15) is 52.4 Å². The molecule has 16 heavy (non-hydrogen) atoms. The molecule has 0 aromatic rings. The van der Waals surface area contributed by atoms with Crippen LogP contribution in [-0.2, 0) is 0 Å². The van der Waals surface area contributed by atoms with Crippen LogP contribution in [-0.4, -0.2) is 37.1 Å². The lowest BCUT2D eigenvalue weighted by Gasteiger charge is -2.43. The molecule has 2 fully saturated rings. The minimum absolute atomic E-state index is 0.680. The summed E-state index contributed by atoms with van der Waals surface area (Å²) in [6, 6.07) is 1.51. The van der Waals surface area contributed by atoms with Crippen molar-refractivity contribution >= 4 is 0 Å². The molecule has 2 aliphatic rings. The second-order valence-corrected chi connectivity index (χ2v) is 6.21. The summed E-state index contributed by atoms with van der Waals surface area (Å²) in [6.45, 7) is 7.17. The predicted octanol–water partition coefficient (Wildman–Crippen LogP) is 2.64. The molecule has 0 radical (unpaired) electrons. The Morgan fingerprint density at radius 2 is 2.12 bits per heavy atom. The van der Waals surface area contributed by atoms with Gasteiger partial charge in [0, 0.05) is 25.2 Å². The molecule has 1 saturated heterocycles. The van der Waals surface area contributed by atoms with E-state index in [2.05, 4.69) is 31.1 Å². The van der Waals surface area contributed by atoms with Gasteiger partial charge in [0.05, 0.1) is 0 Å². The van der Waals surface area contributed by atoms with Crippen LogP contribution < -0.4 is 5.32 Å². The molecule has 1 N–H and O–H groups in total. The second-order valence-electron chi connectivity index (χ2n) is 6.21. The van der Waals surface area contributed by atoms with Crippen molar-refractivity contribution in [1.82, 2.24) is 10.2 Å². The molecule has 2 heteroatoms. The molecule has 2 atom stereocenters. The molecule has 1 aliphatic heterocycles. The van der Waals surface area contributed by atoms with Crippen molar-refractivity contribution < 1.29 is 0 Å². The van der Waals surface area contributed by atoms with Gasteiger partial charge in [0.15, 0.2) is 0 Å². The van der Waals surface area contributed by atoms with Crippen molar-refractivity contribution in [1.29, 1.82) is 0 Å². The molecule has 94 valence electrons. The SMILES string of the molecule is CCCC1(CNC2CC(C)N(C)C2)CCC1. The van der Waals surface area contributed by atoms with E-state index in [1.165, 1.54) is 51.6 Å². The van der Waals surface area contributed by atoms with Gasteiger partial charge >= 0.3 is 0 Å². The van der Waals surface area contributed by atoms with Gasteiger partial charge in [-0.2, -0.15) is 0 Å². The molecule has 0 spiro atoms. The van der Waals surface area contributed by atoms with E-state index in [-0.39, 0.29) is 0 Å². The van der Waals surface area contributed by atoms with Gasteiger partial charge in [-0.1, -0.05) is 19.8 Å². The maximum absolute atomic E-state index is 3.83. The number of likely N-dealkylation sites (tertiary alicyclic amines) is 1. The van der Waals surface area contributed by atoms with Crippen LogP contribution >= 0.6 is 0 Å². The van der Waals surface area contributed by atoms with E-state index in [0.29, 0.717) is 5.41 Å². The molecule has 2 unspecified atom stereocenters. The number of nitrogens with zero attached hydrogens (tertiary/aromatic N) is 1. The smallest absolute Gasteiger partial charge is 0.0210 e. The van der Waals surface area contributed by atoms with Gasteiger partial charge in [0.2, 0.25) is 0 Å². The summed E-state index contributed by atoms with van der Waals surface area (Å²) in [5.41, 5.74) is 0.680. The van der Waals surface area contributed by atoms with E-state index in [1.807, 2.05) is 0 Å². The van der Waals surface area contributed by atoms with Crippen molar-refractivity contribution in [2.75, 3.05) is 20.1 Å². The van der Waals surface area contributed by atoms with E-state index in [0.717, 1.165) is 12.1 Å². The zero-order valence-corrected chi connectivity index (χ0v) is 11.3. The number of hydrogen-bond acceptors (Lipinski definition) is 2. The summed E-state index contributed by atoms with van der Waals surface area (Å²) in [5.74, 6) is 0. The average Bonchev–Trinajstić information content (AvgIpc) is 2.51. The molecule has 2 nitrogen and oxygen atoms in total. The standard InChI is InChI=1S/C14H28N2/c1-4-6-14(7-5-8-14)11-15-13-9-12(2)16(3)10-13/h12-13,15H,4-11H2,1-3H3. The van der Waals surface area contributed by atoms with E-state index in [4.69, 9.17) is 0 Å². The average molecular weight is 224 g/mol. The van der Waals surface area contributed by atoms with Crippen molar-refractivity contribution in [3.8, 4) is 0 Å². The Morgan fingerprint density at radius 1 is 1.38 bits per heavy atom. The Kier molecular flexibility index (Phi) is 3.91. The summed E-state index contributed by atoms with van der Waals surface area (Å²) in [6.07, 6.45) is 8.50. The maximum atomic E-state index is 3.83. The van der Waals surface area contributed by atoms with Gasteiger partial charge in [-0.15, -0.1) is 0 Å². The van der Waals surface area contributed by atoms with Crippen LogP contribution in [0.5, 0.6) is 0 Å². The highest BCUT2D eigenvalue weighted by Crippen LogP contribution is 2.44. The monoisotopic (exact) mass is 224 g/mol. The number of nitrogens with one attached hydrogen (secondary N) is 1. The number of likely N-dealkylation sites (N-methyl/N-ethyl adjacent to an activating group) is 1. The quantitative estimate of drug-likeness (QED) is 0.772. The zero-order valence-electron chi connectivity index (χ0n) is 11.3. The van der Waals surface area contributed by atoms with E-state index >= 15 is 0 Å². The van der Waals surface area contributed by atoms with Gasteiger partial charge in [-0.3, -0.25) is 0 Å². The predicted molar refractivity (Wildman–Crippen MR) is 69.7 cm³/mol. The first-order valence-corrected chi connectivity index (χ1v) is 7.09. The van der Waals surface area contributed by atoms with Crippen LogP contribution in [0.25, 0.3) is 0 Å². The van der Waals surface area contributed by atoms with Gasteiger partial charge in [0.1, 0.15) is 0 Å². The van der Waals surface area contributed by atoms with Crippen LogP contribution in [0.3, 0.4) is 0 Å². The van der Waals surface area contributed by atoms with Crippen molar-refractivity contribution in [2.45, 2.75) is 64.5 Å². The zero-order chi connectivity index (χ0) is 11.6.